The van der Waals surface area contributed by atoms with E-state index in [0.717, 1.165) is 0 Å². The summed E-state index contributed by atoms with van der Waals surface area (Å²) in [4.78, 5) is 2.33. The highest BCUT2D eigenvalue weighted by molar-refractivity contribution is 5.77. The third kappa shape index (κ3) is 3.21. The van der Waals surface area contributed by atoms with E-state index in [9.17, 15) is 0 Å². The Morgan fingerprint density at radius 1 is 0.458 bits per heavy atom. The molecule has 1 heteroatoms. The minimum atomic E-state index is 1.19. The molecule has 0 heterocycles. The van der Waals surface area contributed by atoms with Gasteiger partial charge in [-0.15, -0.1) is 0 Å². The first-order chi connectivity index (χ1) is 11.5. The van der Waals surface area contributed by atoms with Crippen molar-refractivity contribution in [2.75, 3.05) is 4.90 Å². The molecular formula is C23H25N. The molecule has 0 aliphatic carbocycles. The van der Waals surface area contributed by atoms with Gasteiger partial charge in [-0.2, -0.15) is 0 Å². The Balaban J connectivity index is 2.17. The fraction of sp³-hybridized carbons (Fsp3) is 0.217. The van der Waals surface area contributed by atoms with Crippen LogP contribution in [0.5, 0.6) is 0 Å². The van der Waals surface area contributed by atoms with Crippen molar-refractivity contribution in [3.05, 3.63) is 88.5 Å². The van der Waals surface area contributed by atoms with Crippen molar-refractivity contribution in [2.45, 2.75) is 34.6 Å². The monoisotopic (exact) mass is 315 g/mol. The van der Waals surface area contributed by atoms with Gasteiger partial charge >= 0.3 is 0 Å². The summed E-state index contributed by atoms with van der Waals surface area (Å²) in [5, 5.41) is 0. The van der Waals surface area contributed by atoms with Crippen LogP contribution in [0.25, 0.3) is 0 Å². The molecule has 0 spiro atoms. The highest BCUT2D eigenvalue weighted by Gasteiger charge is 2.13. The Morgan fingerprint density at radius 3 is 1.29 bits per heavy atom. The molecule has 3 rings (SSSR count). The molecule has 0 unspecified atom stereocenters. The molecule has 0 atom stereocenters. The molecule has 0 saturated heterocycles. The van der Waals surface area contributed by atoms with Crippen LogP contribution < -0.4 is 4.90 Å². The molecule has 3 aromatic rings. The Hall–Kier alpha value is -2.54. The predicted molar refractivity (Wildman–Crippen MR) is 105 cm³/mol. The normalized spacial score (nSPS) is 10.7. The van der Waals surface area contributed by atoms with Crippen LogP contribution in [0.3, 0.4) is 0 Å². The van der Waals surface area contributed by atoms with Crippen molar-refractivity contribution in [1.29, 1.82) is 0 Å². The molecule has 1 nitrogen and oxygen atoms in total. The molecule has 0 fully saturated rings. The van der Waals surface area contributed by atoms with Gasteiger partial charge in [0, 0.05) is 17.1 Å². The topological polar surface area (TPSA) is 3.24 Å². The standard InChI is InChI=1S/C23H25N/c1-16-6-10-21(11-7-16)24(22-12-8-17(2)19(4)14-22)23-13-9-18(3)20(5)15-23/h6-15H,1-5H3. The summed E-state index contributed by atoms with van der Waals surface area (Å²) in [7, 11) is 0. The molecule has 0 aliphatic heterocycles. The van der Waals surface area contributed by atoms with Crippen molar-refractivity contribution in [3.63, 3.8) is 0 Å². The lowest BCUT2D eigenvalue weighted by Crippen LogP contribution is -2.10. The van der Waals surface area contributed by atoms with Crippen LogP contribution in [0.2, 0.25) is 0 Å². The molecule has 24 heavy (non-hydrogen) atoms. The lowest BCUT2D eigenvalue weighted by atomic mass is 10.1. The fourth-order valence-corrected chi connectivity index (χ4v) is 2.87. The number of rotatable bonds is 3. The van der Waals surface area contributed by atoms with Crippen LogP contribution in [0.4, 0.5) is 17.1 Å². The zero-order valence-corrected chi connectivity index (χ0v) is 15.2. The Kier molecular flexibility index (Phi) is 4.44. The number of benzene rings is 3. The van der Waals surface area contributed by atoms with Gasteiger partial charge in [0.2, 0.25) is 0 Å². The Morgan fingerprint density at radius 2 is 0.875 bits per heavy atom. The van der Waals surface area contributed by atoms with E-state index in [4.69, 9.17) is 0 Å². The number of anilines is 3. The predicted octanol–water partition coefficient (Wildman–Crippen LogP) is 6.70. The van der Waals surface area contributed by atoms with Gasteiger partial charge in [0.25, 0.3) is 0 Å². The molecule has 0 N–H and O–H groups in total. The number of aryl methyl sites for hydroxylation is 5. The first-order valence-electron chi connectivity index (χ1n) is 8.47. The Labute approximate surface area is 145 Å². The van der Waals surface area contributed by atoms with Gasteiger partial charge in [0.05, 0.1) is 0 Å². The zero-order chi connectivity index (χ0) is 17.3. The minimum absolute atomic E-state index is 1.19. The van der Waals surface area contributed by atoms with Gasteiger partial charge in [-0.25, -0.2) is 0 Å². The van der Waals surface area contributed by atoms with Crippen molar-refractivity contribution < 1.29 is 0 Å². The number of hydrogen-bond acceptors (Lipinski definition) is 1. The van der Waals surface area contributed by atoms with Crippen molar-refractivity contribution >= 4 is 17.1 Å². The fourth-order valence-electron chi connectivity index (χ4n) is 2.87. The van der Waals surface area contributed by atoms with Crippen LogP contribution >= 0.6 is 0 Å². The van der Waals surface area contributed by atoms with Crippen LogP contribution in [0.1, 0.15) is 27.8 Å². The maximum Gasteiger partial charge on any atom is 0.0464 e. The van der Waals surface area contributed by atoms with E-state index in [1.165, 1.54) is 44.9 Å². The third-order valence-electron chi connectivity index (χ3n) is 4.79. The zero-order valence-electron chi connectivity index (χ0n) is 15.2. The van der Waals surface area contributed by atoms with Crippen molar-refractivity contribution in [3.8, 4) is 0 Å². The molecule has 0 aromatic heterocycles. The lowest BCUT2D eigenvalue weighted by Gasteiger charge is -2.27. The summed E-state index contributed by atoms with van der Waals surface area (Å²) in [5.41, 5.74) is 10.1. The van der Waals surface area contributed by atoms with E-state index < -0.39 is 0 Å². The summed E-state index contributed by atoms with van der Waals surface area (Å²) < 4.78 is 0. The second-order valence-electron chi connectivity index (χ2n) is 6.71. The number of nitrogens with zero attached hydrogens (tertiary/aromatic N) is 1. The largest absolute Gasteiger partial charge is 0.310 e. The van der Waals surface area contributed by atoms with E-state index in [1.807, 2.05) is 0 Å². The summed E-state index contributed by atoms with van der Waals surface area (Å²) in [6, 6.07) is 22.1. The maximum absolute atomic E-state index is 2.33. The van der Waals surface area contributed by atoms with Crippen LogP contribution in [0.15, 0.2) is 60.7 Å². The van der Waals surface area contributed by atoms with E-state index in [-0.39, 0.29) is 0 Å². The van der Waals surface area contributed by atoms with Gasteiger partial charge in [-0.1, -0.05) is 29.8 Å². The molecule has 122 valence electrons. The smallest absolute Gasteiger partial charge is 0.0464 e. The summed E-state index contributed by atoms with van der Waals surface area (Å²) in [5.74, 6) is 0. The summed E-state index contributed by atoms with van der Waals surface area (Å²) >= 11 is 0. The highest BCUT2D eigenvalue weighted by atomic mass is 15.1. The first kappa shape index (κ1) is 16.3. The minimum Gasteiger partial charge on any atom is -0.310 e. The SMILES string of the molecule is Cc1ccc(N(c2ccc(C)c(C)c2)c2ccc(C)c(C)c2)cc1. The molecule has 3 aromatic carbocycles. The molecule has 0 saturated carbocycles. The van der Waals surface area contributed by atoms with Gasteiger partial charge in [0.15, 0.2) is 0 Å². The first-order valence-corrected chi connectivity index (χ1v) is 8.47. The third-order valence-corrected chi connectivity index (χ3v) is 4.79. The van der Waals surface area contributed by atoms with E-state index >= 15 is 0 Å². The second-order valence-corrected chi connectivity index (χ2v) is 6.71. The van der Waals surface area contributed by atoms with Crippen molar-refractivity contribution in [1.82, 2.24) is 0 Å². The molecule has 0 aliphatic rings. The highest BCUT2D eigenvalue weighted by Crippen LogP contribution is 2.36. The lowest BCUT2D eigenvalue weighted by molar-refractivity contribution is 1.23. The van der Waals surface area contributed by atoms with Crippen molar-refractivity contribution in [2.24, 2.45) is 0 Å². The number of hydrogen-bond donors (Lipinski definition) is 0. The summed E-state index contributed by atoms with van der Waals surface area (Å²) in [6.45, 7) is 10.8. The van der Waals surface area contributed by atoms with E-state index in [2.05, 4.69) is 100 Å². The maximum atomic E-state index is 2.33. The quantitative estimate of drug-likeness (QED) is 0.520. The molecule has 0 amide bonds. The van der Waals surface area contributed by atoms with Gasteiger partial charge in [-0.3, -0.25) is 0 Å². The average Bonchev–Trinajstić information content (AvgIpc) is 2.56. The Bertz CT molecular complexity index is 808. The molecular weight excluding hydrogens is 290 g/mol. The van der Waals surface area contributed by atoms with Gasteiger partial charge in [-0.05, 0) is 93.3 Å². The van der Waals surface area contributed by atoms with Gasteiger partial charge in [0.1, 0.15) is 0 Å². The molecule has 0 bridgehead atoms. The second kappa shape index (κ2) is 6.52. The van der Waals surface area contributed by atoms with Crippen LogP contribution in [-0.4, -0.2) is 0 Å². The van der Waals surface area contributed by atoms with E-state index in [1.54, 1.807) is 0 Å². The average molecular weight is 315 g/mol. The molecule has 0 radical (unpaired) electrons. The van der Waals surface area contributed by atoms with E-state index in [0.29, 0.717) is 0 Å². The van der Waals surface area contributed by atoms with Crippen LogP contribution in [0, 0.1) is 34.6 Å². The van der Waals surface area contributed by atoms with Gasteiger partial charge < -0.3 is 4.90 Å². The van der Waals surface area contributed by atoms with Crippen LogP contribution in [-0.2, 0) is 0 Å². The summed E-state index contributed by atoms with van der Waals surface area (Å²) in [6.07, 6.45) is 0.